The number of allylic oxidation sites excluding steroid dienone is 2. The molecule has 0 aromatic heterocycles. The molecule has 2 aliphatic heterocycles. The molecule has 3 amide bonds. The van der Waals surface area contributed by atoms with Crippen molar-refractivity contribution in [2.75, 3.05) is 32.8 Å². The van der Waals surface area contributed by atoms with Crippen molar-refractivity contribution in [2.45, 2.75) is 37.6 Å². The normalized spacial score (nSPS) is 24.7. The van der Waals surface area contributed by atoms with Gasteiger partial charge in [-0.2, -0.15) is 4.31 Å². The van der Waals surface area contributed by atoms with Crippen LogP contribution in [0.2, 0.25) is 0 Å². The molecular formula is C23H29N3O6S. The van der Waals surface area contributed by atoms with Crippen LogP contribution in [0.3, 0.4) is 0 Å². The molecule has 1 aromatic carbocycles. The summed E-state index contributed by atoms with van der Waals surface area (Å²) in [5.74, 6) is -1.06. The molecule has 2 unspecified atom stereocenters. The molecule has 0 saturated carbocycles. The van der Waals surface area contributed by atoms with E-state index in [1.165, 1.54) is 21.3 Å². The van der Waals surface area contributed by atoms with Crippen molar-refractivity contribution in [3.8, 4) is 5.75 Å². The number of nitrogens with zero attached hydrogens (tertiary/aromatic N) is 3. The number of carbonyl (C=O) groups is 3. The number of hydrogen-bond donors (Lipinski definition) is 0. The molecule has 2 fully saturated rings. The van der Waals surface area contributed by atoms with Crippen LogP contribution in [0.1, 0.15) is 26.7 Å². The third-order valence-corrected chi connectivity index (χ3v) is 8.52. The molecule has 2 heterocycles. The van der Waals surface area contributed by atoms with E-state index < -0.39 is 16.1 Å². The van der Waals surface area contributed by atoms with Gasteiger partial charge in [-0.1, -0.05) is 12.2 Å². The fourth-order valence-electron chi connectivity index (χ4n) is 4.75. The highest BCUT2D eigenvalue weighted by molar-refractivity contribution is 7.89. The zero-order valence-electron chi connectivity index (χ0n) is 18.8. The van der Waals surface area contributed by atoms with Gasteiger partial charge >= 0.3 is 0 Å². The van der Waals surface area contributed by atoms with Crippen LogP contribution in [0, 0.1) is 11.8 Å². The summed E-state index contributed by atoms with van der Waals surface area (Å²) in [6.45, 7) is 4.61. The van der Waals surface area contributed by atoms with E-state index in [4.69, 9.17) is 4.74 Å². The molecule has 33 heavy (non-hydrogen) atoms. The van der Waals surface area contributed by atoms with Gasteiger partial charge in [0, 0.05) is 26.2 Å². The highest BCUT2D eigenvalue weighted by Gasteiger charge is 2.50. The van der Waals surface area contributed by atoms with Crippen molar-refractivity contribution in [1.82, 2.24) is 14.1 Å². The summed E-state index contributed by atoms with van der Waals surface area (Å²) < 4.78 is 32.7. The van der Waals surface area contributed by atoms with E-state index in [1.807, 2.05) is 19.1 Å². The largest absolute Gasteiger partial charge is 0.494 e. The van der Waals surface area contributed by atoms with Crippen molar-refractivity contribution < 1.29 is 27.5 Å². The minimum atomic E-state index is -3.70. The Morgan fingerprint density at radius 2 is 1.55 bits per heavy atom. The standard InChI is InChI=1S/C23H29N3O6S/c1-3-32-17-8-10-18(11-9-17)33(30,31)25-14-12-24(13-15-25)21(27)16(2)26-22(28)19-6-4-5-7-20(19)23(26)29/h4-5,8-11,16,19-20H,3,6-7,12-15H2,1-2H3/t16-,19?,20?/m0/s1. The van der Waals surface area contributed by atoms with Crippen LogP contribution in [0.15, 0.2) is 41.3 Å². The van der Waals surface area contributed by atoms with Crippen LogP contribution in [-0.4, -0.2) is 79.1 Å². The van der Waals surface area contributed by atoms with E-state index in [0.717, 1.165) is 4.90 Å². The predicted molar refractivity (Wildman–Crippen MR) is 120 cm³/mol. The van der Waals surface area contributed by atoms with Gasteiger partial charge in [-0.3, -0.25) is 19.3 Å². The van der Waals surface area contributed by atoms with Crippen molar-refractivity contribution in [3.05, 3.63) is 36.4 Å². The molecule has 0 N–H and O–H groups in total. The topological polar surface area (TPSA) is 104 Å². The monoisotopic (exact) mass is 475 g/mol. The summed E-state index contributed by atoms with van der Waals surface area (Å²) in [4.78, 5) is 41.5. The highest BCUT2D eigenvalue weighted by Crippen LogP contribution is 2.36. The smallest absolute Gasteiger partial charge is 0.245 e. The Morgan fingerprint density at radius 1 is 1.00 bits per heavy atom. The lowest BCUT2D eigenvalue weighted by Crippen LogP contribution is -2.56. The summed E-state index contributed by atoms with van der Waals surface area (Å²) in [6, 6.07) is 5.37. The first-order chi connectivity index (χ1) is 15.8. The first kappa shape index (κ1) is 23.4. The molecule has 178 valence electrons. The third kappa shape index (κ3) is 4.29. The number of ether oxygens (including phenoxy) is 1. The van der Waals surface area contributed by atoms with Crippen molar-refractivity contribution >= 4 is 27.7 Å². The summed E-state index contributed by atoms with van der Waals surface area (Å²) >= 11 is 0. The van der Waals surface area contributed by atoms with E-state index in [0.29, 0.717) is 25.2 Å². The number of rotatable bonds is 6. The van der Waals surface area contributed by atoms with Gasteiger partial charge in [-0.15, -0.1) is 0 Å². The minimum Gasteiger partial charge on any atom is -0.494 e. The second-order valence-electron chi connectivity index (χ2n) is 8.51. The van der Waals surface area contributed by atoms with Crippen LogP contribution in [0.5, 0.6) is 5.75 Å². The van der Waals surface area contributed by atoms with E-state index in [-0.39, 0.29) is 60.6 Å². The number of carbonyl (C=O) groups excluding carboxylic acids is 3. The number of hydrogen-bond acceptors (Lipinski definition) is 6. The lowest BCUT2D eigenvalue weighted by Gasteiger charge is -2.36. The fraction of sp³-hybridized carbons (Fsp3) is 0.522. The Bertz CT molecular complexity index is 1030. The fourth-order valence-corrected chi connectivity index (χ4v) is 6.18. The second kappa shape index (κ2) is 9.26. The number of likely N-dealkylation sites (tertiary alicyclic amines) is 1. The molecule has 0 radical (unpaired) electrons. The number of imide groups is 1. The summed E-state index contributed by atoms with van der Waals surface area (Å²) in [7, 11) is -3.70. The van der Waals surface area contributed by atoms with Crippen LogP contribution >= 0.6 is 0 Å². The molecule has 3 aliphatic rings. The number of sulfonamides is 1. The second-order valence-corrected chi connectivity index (χ2v) is 10.4. The molecule has 9 nitrogen and oxygen atoms in total. The first-order valence-electron chi connectivity index (χ1n) is 11.3. The Morgan fingerprint density at radius 3 is 2.06 bits per heavy atom. The van der Waals surface area contributed by atoms with Crippen molar-refractivity contribution in [1.29, 1.82) is 0 Å². The van der Waals surface area contributed by atoms with Gasteiger partial charge in [0.05, 0.1) is 23.3 Å². The van der Waals surface area contributed by atoms with Gasteiger partial charge in [0.1, 0.15) is 11.8 Å². The molecule has 3 atom stereocenters. The van der Waals surface area contributed by atoms with Gasteiger partial charge in [0.2, 0.25) is 27.7 Å². The van der Waals surface area contributed by atoms with E-state index in [1.54, 1.807) is 19.1 Å². The molecule has 1 aromatic rings. The lowest BCUT2D eigenvalue weighted by atomic mass is 9.85. The van der Waals surface area contributed by atoms with Crippen LogP contribution in [0.4, 0.5) is 0 Å². The average molecular weight is 476 g/mol. The number of benzene rings is 1. The Kier molecular flexibility index (Phi) is 6.58. The van der Waals surface area contributed by atoms with Gasteiger partial charge in [0.15, 0.2) is 0 Å². The Labute approximate surface area is 194 Å². The number of amides is 3. The third-order valence-electron chi connectivity index (χ3n) is 6.61. The molecule has 2 saturated heterocycles. The van der Waals surface area contributed by atoms with Crippen LogP contribution in [-0.2, 0) is 24.4 Å². The van der Waals surface area contributed by atoms with Gasteiger partial charge in [-0.05, 0) is 51.0 Å². The Balaban J connectivity index is 1.38. The molecule has 0 spiro atoms. The molecule has 10 heteroatoms. The maximum atomic E-state index is 13.1. The quantitative estimate of drug-likeness (QED) is 0.453. The van der Waals surface area contributed by atoms with Gasteiger partial charge in [0.25, 0.3) is 0 Å². The van der Waals surface area contributed by atoms with Crippen LogP contribution in [0.25, 0.3) is 0 Å². The average Bonchev–Trinajstić information content (AvgIpc) is 3.09. The maximum absolute atomic E-state index is 13.1. The zero-order chi connectivity index (χ0) is 23.8. The zero-order valence-corrected chi connectivity index (χ0v) is 19.7. The highest BCUT2D eigenvalue weighted by atomic mass is 32.2. The summed E-state index contributed by atoms with van der Waals surface area (Å²) in [5.41, 5.74) is 0. The number of fused-ring (bicyclic) bond motifs is 1. The molecular weight excluding hydrogens is 446 g/mol. The van der Waals surface area contributed by atoms with E-state index >= 15 is 0 Å². The summed E-state index contributed by atoms with van der Waals surface area (Å²) in [6.07, 6.45) is 4.86. The molecule has 1 aliphatic carbocycles. The summed E-state index contributed by atoms with van der Waals surface area (Å²) in [5, 5.41) is 0. The first-order valence-corrected chi connectivity index (χ1v) is 12.7. The SMILES string of the molecule is CCOc1ccc(S(=O)(=O)N2CCN(C(=O)[C@H](C)N3C(=O)C4CC=CCC4C3=O)CC2)cc1. The lowest BCUT2D eigenvalue weighted by molar-refractivity contribution is -0.151. The van der Waals surface area contributed by atoms with Crippen molar-refractivity contribution in [2.24, 2.45) is 11.8 Å². The van der Waals surface area contributed by atoms with E-state index in [2.05, 4.69) is 0 Å². The van der Waals surface area contributed by atoms with Gasteiger partial charge in [-0.25, -0.2) is 8.42 Å². The predicted octanol–water partition coefficient (Wildman–Crippen LogP) is 1.26. The van der Waals surface area contributed by atoms with Crippen LogP contribution < -0.4 is 4.74 Å². The van der Waals surface area contributed by atoms with Crippen molar-refractivity contribution in [3.63, 3.8) is 0 Å². The van der Waals surface area contributed by atoms with E-state index in [9.17, 15) is 22.8 Å². The van der Waals surface area contributed by atoms with Gasteiger partial charge < -0.3 is 9.64 Å². The Hall–Kier alpha value is -2.72. The maximum Gasteiger partial charge on any atom is 0.245 e. The minimum absolute atomic E-state index is 0.144. The molecule has 4 rings (SSSR count). The molecule has 0 bridgehead atoms. The number of piperazine rings is 1.